The molecule has 43 heavy (non-hydrogen) atoms. The van der Waals surface area contributed by atoms with Crippen LogP contribution in [0.3, 0.4) is 0 Å². The topological polar surface area (TPSA) is 75.5 Å². The number of rotatable bonds is 12. The third kappa shape index (κ3) is 6.99. The van der Waals surface area contributed by atoms with Gasteiger partial charge in [0, 0.05) is 37.0 Å². The van der Waals surface area contributed by atoms with Gasteiger partial charge in [-0.15, -0.1) is 0 Å². The number of thioether (sulfide) groups is 1. The highest BCUT2D eigenvalue weighted by molar-refractivity contribution is 8.26. The standard InChI is InChI=1S/C33H34N4O3S3/c1-3-19-35(20-4-2)43(39,40)29-17-11-14-26(22-29)31-27(24-37(34-31)28-15-9-6-10-16-28)23-30-32(38)36(33(41)42-30)21-18-25-12-7-5-8-13-25/h5-17,22-24H,3-4,18-21H2,1-2H3. The van der Waals surface area contributed by atoms with E-state index in [2.05, 4.69) is 0 Å². The highest BCUT2D eigenvalue weighted by Crippen LogP contribution is 2.35. The van der Waals surface area contributed by atoms with Crippen LogP contribution in [-0.4, -0.2) is 57.3 Å². The Kier molecular flexibility index (Phi) is 9.92. The molecule has 1 saturated heterocycles. The molecule has 0 bridgehead atoms. The third-order valence-corrected chi connectivity index (χ3v) is 10.4. The average molecular weight is 631 g/mol. The second-order valence-electron chi connectivity index (χ2n) is 10.2. The summed E-state index contributed by atoms with van der Waals surface area (Å²) in [6.07, 6.45) is 5.84. The molecule has 0 N–H and O–H groups in total. The Bertz CT molecular complexity index is 1730. The molecule has 2 heterocycles. The van der Waals surface area contributed by atoms with Crippen LogP contribution >= 0.6 is 24.0 Å². The van der Waals surface area contributed by atoms with Gasteiger partial charge in [0.15, 0.2) is 0 Å². The van der Waals surface area contributed by atoms with Crippen molar-refractivity contribution in [2.24, 2.45) is 0 Å². The fourth-order valence-corrected chi connectivity index (χ4v) is 7.92. The van der Waals surface area contributed by atoms with E-state index >= 15 is 0 Å². The third-order valence-electron chi connectivity index (χ3n) is 7.08. The maximum Gasteiger partial charge on any atom is 0.266 e. The van der Waals surface area contributed by atoms with E-state index in [1.54, 1.807) is 27.8 Å². The van der Waals surface area contributed by atoms with Crippen LogP contribution in [0.4, 0.5) is 0 Å². The molecule has 5 rings (SSSR count). The van der Waals surface area contributed by atoms with Crippen molar-refractivity contribution in [2.75, 3.05) is 19.6 Å². The predicted octanol–water partition coefficient (Wildman–Crippen LogP) is 6.79. The molecule has 7 nitrogen and oxygen atoms in total. The molecule has 0 unspecified atom stereocenters. The van der Waals surface area contributed by atoms with E-state index < -0.39 is 10.0 Å². The smallest absolute Gasteiger partial charge is 0.266 e. The minimum atomic E-state index is -3.69. The Balaban J connectivity index is 1.52. The lowest BCUT2D eigenvalue weighted by molar-refractivity contribution is -0.122. The van der Waals surface area contributed by atoms with Crippen LogP contribution in [0.25, 0.3) is 23.0 Å². The summed E-state index contributed by atoms with van der Waals surface area (Å²) < 4.78 is 31.0. The Labute approximate surface area is 263 Å². The summed E-state index contributed by atoms with van der Waals surface area (Å²) in [6.45, 7) is 5.36. The molecule has 222 valence electrons. The molecule has 1 aliphatic heterocycles. The van der Waals surface area contributed by atoms with Gasteiger partial charge >= 0.3 is 0 Å². The molecule has 10 heteroatoms. The lowest BCUT2D eigenvalue weighted by atomic mass is 10.1. The van der Waals surface area contributed by atoms with E-state index in [1.807, 2.05) is 92.9 Å². The van der Waals surface area contributed by atoms with Crippen molar-refractivity contribution in [1.29, 1.82) is 0 Å². The number of amides is 1. The van der Waals surface area contributed by atoms with E-state index in [4.69, 9.17) is 17.3 Å². The zero-order chi connectivity index (χ0) is 30.4. The van der Waals surface area contributed by atoms with Crippen LogP contribution in [0.5, 0.6) is 0 Å². The number of carbonyl (C=O) groups excluding carboxylic acids is 1. The molecule has 0 atom stereocenters. The number of hydrogen-bond donors (Lipinski definition) is 0. The minimum absolute atomic E-state index is 0.143. The maximum atomic E-state index is 13.6. The van der Waals surface area contributed by atoms with E-state index in [-0.39, 0.29) is 10.8 Å². The first-order chi connectivity index (χ1) is 20.8. The minimum Gasteiger partial charge on any atom is -0.293 e. The second kappa shape index (κ2) is 13.8. The molecule has 0 aliphatic carbocycles. The largest absolute Gasteiger partial charge is 0.293 e. The number of para-hydroxylation sites is 1. The molecule has 0 radical (unpaired) electrons. The Morgan fingerprint density at radius 1 is 0.930 bits per heavy atom. The molecule has 0 saturated carbocycles. The van der Waals surface area contributed by atoms with Crippen LogP contribution in [-0.2, 0) is 21.2 Å². The number of thiocarbonyl (C=S) groups is 1. The second-order valence-corrected chi connectivity index (χ2v) is 13.8. The van der Waals surface area contributed by atoms with Crippen LogP contribution in [0, 0.1) is 0 Å². The summed E-state index contributed by atoms with van der Waals surface area (Å²) in [6, 6.07) is 26.6. The molecular formula is C33H34N4O3S3. The van der Waals surface area contributed by atoms with Crippen molar-refractivity contribution in [3.63, 3.8) is 0 Å². The SMILES string of the molecule is CCCN(CCC)S(=O)(=O)c1cccc(-c2nn(-c3ccccc3)cc2C=C2SC(=S)N(CCc3ccccc3)C2=O)c1. The van der Waals surface area contributed by atoms with Gasteiger partial charge in [-0.1, -0.05) is 98.5 Å². The van der Waals surface area contributed by atoms with Crippen molar-refractivity contribution >= 4 is 50.3 Å². The average Bonchev–Trinajstić information content (AvgIpc) is 3.56. The van der Waals surface area contributed by atoms with Gasteiger partial charge in [0.25, 0.3) is 5.91 Å². The fourth-order valence-electron chi connectivity index (χ4n) is 4.95. The highest BCUT2D eigenvalue weighted by Gasteiger charge is 2.32. The first-order valence-electron chi connectivity index (χ1n) is 14.4. The van der Waals surface area contributed by atoms with E-state index in [9.17, 15) is 13.2 Å². The maximum absolute atomic E-state index is 13.6. The molecule has 1 aromatic heterocycles. The van der Waals surface area contributed by atoms with Gasteiger partial charge in [0.2, 0.25) is 10.0 Å². The van der Waals surface area contributed by atoms with Gasteiger partial charge < -0.3 is 0 Å². The van der Waals surface area contributed by atoms with Crippen LogP contribution in [0.1, 0.15) is 37.8 Å². The van der Waals surface area contributed by atoms with E-state index in [0.717, 1.165) is 24.1 Å². The molecule has 4 aromatic rings. The van der Waals surface area contributed by atoms with Crippen LogP contribution in [0.2, 0.25) is 0 Å². The van der Waals surface area contributed by atoms with E-state index in [0.29, 0.717) is 52.1 Å². The molecule has 1 aliphatic rings. The lowest BCUT2D eigenvalue weighted by Gasteiger charge is -2.21. The predicted molar refractivity (Wildman–Crippen MR) is 178 cm³/mol. The summed E-state index contributed by atoms with van der Waals surface area (Å²) in [5.41, 5.74) is 3.90. The van der Waals surface area contributed by atoms with Gasteiger partial charge in [-0.2, -0.15) is 9.40 Å². The highest BCUT2D eigenvalue weighted by atomic mass is 32.2. The first-order valence-corrected chi connectivity index (χ1v) is 17.0. The van der Waals surface area contributed by atoms with Crippen LogP contribution < -0.4 is 0 Å². The molecule has 1 fully saturated rings. The van der Waals surface area contributed by atoms with Crippen molar-refractivity contribution < 1.29 is 13.2 Å². The fraction of sp³-hybridized carbons (Fsp3) is 0.242. The van der Waals surface area contributed by atoms with Gasteiger partial charge in [0.1, 0.15) is 10.0 Å². The zero-order valence-electron chi connectivity index (χ0n) is 24.2. The van der Waals surface area contributed by atoms with Gasteiger partial charge in [-0.05, 0) is 55.2 Å². The first kappa shape index (κ1) is 30.9. The summed E-state index contributed by atoms with van der Waals surface area (Å²) >= 11 is 6.87. The Morgan fingerprint density at radius 3 is 2.28 bits per heavy atom. The van der Waals surface area contributed by atoms with Crippen molar-refractivity contribution in [1.82, 2.24) is 19.0 Å². The summed E-state index contributed by atoms with van der Waals surface area (Å²) in [4.78, 5) is 15.9. The number of sulfonamides is 1. The number of hydrogen-bond acceptors (Lipinski definition) is 6. The van der Waals surface area contributed by atoms with Crippen molar-refractivity contribution in [3.8, 4) is 16.9 Å². The molecule has 3 aromatic carbocycles. The lowest BCUT2D eigenvalue weighted by Crippen LogP contribution is -2.32. The zero-order valence-corrected chi connectivity index (χ0v) is 26.7. The summed E-state index contributed by atoms with van der Waals surface area (Å²) in [5, 5.41) is 4.87. The number of carbonyl (C=O) groups is 1. The molecule has 0 spiro atoms. The van der Waals surface area contributed by atoms with Gasteiger partial charge in [-0.25, -0.2) is 13.1 Å². The molecule has 1 amide bonds. The number of nitrogens with zero attached hydrogens (tertiary/aromatic N) is 4. The summed E-state index contributed by atoms with van der Waals surface area (Å²) in [5.74, 6) is -0.143. The van der Waals surface area contributed by atoms with E-state index in [1.165, 1.54) is 16.1 Å². The van der Waals surface area contributed by atoms with Gasteiger partial charge in [0.05, 0.1) is 15.5 Å². The van der Waals surface area contributed by atoms with Gasteiger partial charge in [-0.3, -0.25) is 9.69 Å². The number of benzene rings is 3. The number of aromatic nitrogens is 2. The summed E-state index contributed by atoms with van der Waals surface area (Å²) in [7, 11) is -3.69. The molecular weight excluding hydrogens is 597 g/mol. The van der Waals surface area contributed by atoms with Crippen LogP contribution in [0.15, 0.2) is 101 Å². The Hall–Kier alpha value is -3.57. The normalized spacial score (nSPS) is 14.8. The van der Waals surface area contributed by atoms with Crippen molar-refractivity contribution in [2.45, 2.75) is 38.0 Å². The van der Waals surface area contributed by atoms with Crippen molar-refractivity contribution in [3.05, 3.63) is 107 Å². The quantitative estimate of drug-likeness (QED) is 0.127. The monoisotopic (exact) mass is 630 g/mol. The Morgan fingerprint density at radius 2 is 1.60 bits per heavy atom.